The molecule has 1 saturated carbocycles. The summed E-state index contributed by atoms with van der Waals surface area (Å²) in [5, 5.41) is 6.58. The lowest BCUT2D eigenvalue weighted by molar-refractivity contribution is -0.140. The van der Waals surface area contributed by atoms with Crippen molar-refractivity contribution in [2.75, 3.05) is 46.3 Å². The lowest BCUT2D eigenvalue weighted by Gasteiger charge is -2.30. The number of nitrogens with zero attached hydrogens (tertiary/aromatic N) is 3. The monoisotopic (exact) mass is 387 g/mol. The predicted molar refractivity (Wildman–Crippen MR) is 109 cm³/mol. The first-order valence-corrected chi connectivity index (χ1v) is 10.8. The molecule has 2 amide bonds. The van der Waals surface area contributed by atoms with Crippen molar-refractivity contribution in [2.45, 2.75) is 26.2 Å². The maximum absolute atomic E-state index is 12.7. The van der Waals surface area contributed by atoms with Crippen LogP contribution in [0.15, 0.2) is 17.1 Å². The maximum Gasteiger partial charge on any atom is 0.233 e. The van der Waals surface area contributed by atoms with Gasteiger partial charge in [0.2, 0.25) is 11.8 Å². The summed E-state index contributed by atoms with van der Waals surface area (Å²) in [6.45, 7) is 7.46. The summed E-state index contributed by atoms with van der Waals surface area (Å²) in [6, 6.07) is 0. The fraction of sp³-hybridized carbons (Fsp3) is 0.762. The van der Waals surface area contributed by atoms with E-state index in [1.54, 1.807) is 7.05 Å². The van der Waals surface area contributed by atoms with Crippen molar-refractivity contribution >= 4 is 17.8 Å². The van der Waals surface area contributed by atoms with Crippen LogP contribution in [0.2, 0.25) is 0 Å². The van der Waals surface area contributed by atoms with Crippen LogP contribution in [0.1, 0.15) is 26.2 Å². The van der Waals surface area contributed by atoms with Gasteiger partial charge in [-0.1, -0.05) is 19.1 Å². The largest absolute Gasteiger partial charge is 0.355 e. The highest BCUT2D eigenvalue weighted by Crippen LogP contribution is 2.52. The zero-order chi connectivity index (χ0) is 19.7. The Morgan fingerprint density at radius 1 is 1.04 bits per heavy atom. The number of carbonyl (C=O) groups excluding carboxylic acids is 2. The van der Waals surface area contributed by atoms with E-state index < -0.39 is 0 Å². The Hall–Kier alpha value is -1.89. The molecule has 4 unspecified atom stereocenters. The average molecular weight is 388 g/mol. The summed E-state index contributed by atoms with van der Waals surface area (Å²) < 4.78 is 0. The van der Waals surface area contributed by atoms with Gasteiger partial charge >= 0.3 is 0 Å². The first-order valence-electron chi connectivity index (χ1n) is 10.8. The minimum absolute atomic E-state index is 0.0240. The molecule has 2 aliphatic carbocycles. The van der Waals surface area contributed by atoms with E-state index in [2.05, 4.69) is 39.6 Å². The molecule has 7 nitrogen and oxygen atoms in total. The minimum atomic E-state index is -0.104. The zero-order valence-corrected chi connectivity index (χ0v) is 17.1. The molecular weight excluding hydrogens is 354 g/mol. The fourth-order valence-corrected chi connectivity index (χ4v) is 5.31. The van der Waals surface area contributed by atoms with Gasteiger partial charge in [-0.15, -0.1) is 0 Å². The van der Waals surface area contributed by atoms with Crippen molar-refractivity contribution in [3.63, 3.8) is 0 Å². The number of piperidine rings is 1. The minimum Gasteiger partial charge on any atom is -0.355 e. The summed E-state index contributed by atoms with van der Waals surface area (Å²) in [7, 11) is 1.75. The van der Waals surface area contributed by atoms with E-state index in [4.69, 9.17) is 0 Å². The summed E-state index contributed by atoms with van der Waals surface area (Å²) in [5.74, 6) is 1.96. The van der Waals surface area contributed by atoms with E-state index in [0.717, 1.165) is 31.4 Å². The van der Waals surface area contributed by atoms with Gasteiger partial charge in [-0.05, 0) is 50.1 Å². The molecule has 2 heterocycles. The lowest BCUT2D eigenvalue weighted by Crippen LogP contribution is -2.46. The van der Waals surface area contributed by atoms with Crippen LogP contribution in [-0.4, -0.2) is 73.9 Å². The van der Waals surface area contributed by atoms with Crippen molar-refractivity contribution < 1.29 is 9.59 Å². The number of allylic oxidation sites excluding steroid dienone is 2. The zero-order valence-electron chi connectivity index (χ0n) is 17.1. The second kappa shape index (κ2) is 8.23. The number of nitrogens with one attached hydrogen (secondary N) is 2. The number of imide groups is 1. The molecule has 0 spiro atoms. The molecule has 0 aromatic heterocycles. The van der Waals surface area contributed by atoms with E-state index in [1.165, 1.54) is 30.8 Å². The standard InChI is InChI=1S/C21H33N5O2/c1-14-5-9-25(10-6-14)11-7-23-21(22-2)24-8-12-26-19(27)17-15-3-4-16(13-15)18(17)20(26)28/h3-4,14-18H,5-13H2,1-2H3,(H2,22,23,24). The van der Waals surface area contributed by atoms with Gasteiger partial charge in [0.25, 0.3) is 0 Å². The van der Waals surface area contributed by atoms with Crippen LogP contribution in [-0.2, 0) is 9.59 Å². The summed E-state index contributed by atoms with van der Waals surface area (Å²) in [4.78, 5) is 33.6. The predicted octanol–water partition coefficient (Wildman–Crippen LogP) is 0.690. The Kier molecular flexibility index (Phi) is 5.71. The molecule has 2 N–H and O–H groups in total. The molecule has 4 atom stereocenters. The van der Waals surface area contributed by atoms with Gasteiger partial charge in [0, 0.05) is 33.2 Å². The van der Waals surface area contributed by atoms with Gasteiger partial charge in [-0.25, -0.2) is 0 Å². The summed E-state index contributed by atoms with van der Waals surface area (Å²) >= 11 is 0. The van der Waals surface area contributed by atoms with Crippen molar-refractivity contribution in [1.29, 1.82) is 0 Å². The van der Waals surface area contributed by atoms with Crippen molar-refractivity contribution in [3.05, 3.63) is 12.2 Å². The van der Waals surface area contributed by atoms with Gasteiger partial charge in [-0.2, -0.15) is 0 Å². The SMILES string of the molecule is CN=C(NCCN1CCC(C)CC1)NCCN1C(=O)C2C3C=CC(C3)C2C1=O. The topological polar surface area (TPSA) is 77.0 Å². The molecule has 0 aromatic carbocycles. The second-order valence-corrected chi connectivity index (χ2v) is 8.78. The number of rotatable bonds is 6. The molecule has 0 radical (unpaired) electrons. The van der Waals surface area contributed by atoms with Crippen LogP contribution in [0.5, 0.6) is 0 Å². The van der Waals surface area contributed by atoms with E-state index in [-0.39, 0.29) is 35.5 Å². The first-order chi connectivity index (χ1) is 13.6. The van der Waals surface area contributed by atoms with Gasteiger partial charge < -0.3 is 15.5 Å². The highest BCUT2D eigenvalue weighted by Gasteiger charge is 2.58. The van der Waals surface area contributed by atoms with Crippen LogP contribution >= 0.6 is 0 Å². The molecule has 28 heavy (non-hydrogen) atoms. The molecule has 0 aromatic rings. The van der Waals surface area contributed by atoms with Gasteiger partial charge in [0.1, 0.15) is 0 Å². The highest BCUT2D eigenvalue weighted by atomic mass is 16.2. The quantitative estimate of drug-likeness (QED) is 0.304. The van der Waals surface area contributed by atoms with Gasteiger partial charge in [-0.3, -0.25) is 19.5 Å². The first kappa shape index (κ1) is 19.4. The summed E-state index contributed by atoms with van der Waals surface area (Å²) in [6.07, 6.45) is 7.81. The molecular formula is C21H33N5O2. The summed E-state index contributed by atoms with van der Waals surface area (Å²) in [5.41, 5.74) is 0. The molecule has 4 aliphatic rings. The molecule has 4 rings (SSSR count). The number of fused-ring (bicyclic) bond motifs is 5. The number of likely N-dealkylation sites (tertiary alicyclic amines) is 2. The second-order valence-electron chi connectivity index (χ2n) is 8.78. The van der Waals surface area contributed by atoms with E-state index in [9.17, 15) is 9.59 Å². The number of amides is 2. The number of guanidine groups is 1. The number of aliphatic imine (C=N–C) groups is 1. The highest BCUT2D eigenvalue weighted by molar-refractivity contribution is 6.06. The van der Waals surface area contributed by atoms with Crippen LogP contribution in [0.3, 0.4) is 0 Å². The Labute approximate surface area is 167 Å². The number of hydrogen-bond acceptors (Lipinski definition) is 4. The van der Waals surface area contributed by atoms with Crippen LogP contribution in [0.4, 0.5) is 0 Å². The lowest BCUT2D eigenvalue weighted by atomic mass is 9.85. The Bertz CT molecular complexity index is 638. The normalized spacial score (nSPS) is 33.1. The Morgan fingerprint density at radius 2 is 1.61 bits per heavy atom. The third-order valence-electron chi connectivity index (χ3n) is 7.01. The van der Waals surface area contributed by atoms with Crippen molar-refractivity contribution in [1.82, 2.24) is 20.4 Å². The molecule has 3 fully saturated rings. The van der Waals surface area contributed by atoms with Crippen molar-refractivity contribution in [2.24, 2.45) is 34.6 Å². The number of hydrogen-bond donors (Lipinski definition) is 2. The molecule has 2 saturated heterocycles. The number of carbonyl (C=O) groups is 2. The molecule has 7 heteroatoms. The van der Waals surface area contributed by atoms with Gasteiger partial charge in [0.15, 0.2) is 5.96 Å². The molecule has 154 valence electrons. The smallest absolute Gasteiger partial charge is 0.233 e. The van der Waals surface area contributed by atoms with Crippen LogP contribution < -0.4 is 10.6 Å². The fourth-order valence-electron chi connectivity index (χ4n) is 5.31. The van der Waals surface area contributed by atoms with Gasteiger partial charge in [0.05, 0.1) is 11.8 Å². The Morgan fingerprint density at radius 3 is 2.18 bits per heavy atom. The third kappa shape index (κ3) is 3.69. The third-order valence-corrected chi connectivity index (χ3v) is 7.01. The molecule has 2 bridgehead atoms. The Balaban J connectivity index is 1.18. The van der Waals surface area contributed by atoms with Crippen LogP contribution in [0, 0.1) is 29.6 Å². The average Bonchev–Trinajstić information content (AvgIpc) is 3.37. The van der Waals surface area contributed by atoms with E-state index in [1.807, 2.05) is 0 Å². The van der Waals surface area contributed by atoms with E-state index >= 15 is 0 Å². The molecule has 2 aliphatic heterocycles. The van der Waals surface area contributed by atoms with Crippen LogP contribution in [0.25, 0.3) is 0 Å². The maximum atomic E-state index is 12.7. The van der Waals surface area contributed by atoms with E-state index in [0.29, 0.717) is 13.1 Å². The van der Waals surface area contributed by atoms with Crippen molar-refractivity contribution in [3.8, 4) is 0 Å².